The van der Waals surface area contributed by atoms with Gasteiger partial charge in [-0.25, -0.2) is 9.37 Å². The number of nitrogens with zero attached hydrogens (tertiary/aromatic N) is 1. The number of amides is 3. The Balaban J connectivity index is 1.60. The molecule has 2 heterocycles. The third kappa shape index (κ3) is 5.05. The van der Waals surface area contributed by atoms with Gasteiger partial charge in [-0.1, -0.05) is 0 Å². The molecule has 0 aliphatic carbocycles. The van der Waals surface area contributed by atoms with Crippen molar-refractivity contribution >= 4 is 39.9 Å². The van der Waals surface area contributed by atoms with Gasteiger partial charge < -0.3 is 20.4 Å². The quantitative estimate of drug-likeness (QED) is 0.571. The van der Waals surface area contributed by atoms with Gasteiger partial charge in [0.1, 0.15) is 11.6 Å². The number of carbonyl (C=O) groups excluding carboxylic acids is 3. The van der Waals surface area contributed by atoms with Gasteiger partial charge in [0.2, 0.25) is 11.8 Å². The van der Waals surface area contributed by atoms with Crippen molar-refractivity contribution < 1.29 is 23.2 Å². The van der Waals surface area contributed by atoms with Gasteiger partial charge in [-0.05, 0) is 31.2 Å². The number of furan rings is 1. The molecule has 0 bridgehead atoms. The van der Waals surface area contributed by atoms with E-state index in [2.05, 4.69) is 20.9 Å². The Bertz CT molecular complexity index is 1080. The van der Waals surface area contributed by atoms with E-state index in [0.29, 0.717) is 22.7 Å². The van der Waals surface area contributed by atoms with Gasteiger partial charge in [0, 0.05) is 23.6 Å². The van der Waals surface area contributed by atoms with Crippen molar-refractivity contribution in [3.63, 3.8) is 0 Å². The first-order valence-corrected chi connectivity index (χ1v) is 9.36. The summed E-state index contributed by atoms with van der Waals surface area (Å²) in [5.74, 6) is -1.29. The highest BCUT2D eigenvalue weighted by Gasteiger charge is 2.15. The molecule has 1 aromatic carbocycles. The summed E-state index contributed by atoms with van der Waals surface area (Å²) in [4.78, 5) is 39.3. The second-order valence-corrected chi connectivity index (χ2v) is 6.89. The summed E-state index contributed by atoms with van der Waals surface area (Å²) in [5, 5.41) is 9.40. The molecule has 3 amide bonds. The van der Waals surface area contributed by atoms with Gasteiger partial charge in [-0.2, -0.15) is 0 Å². The molecule has 3 rings (SSSR count). The van der Waals surface area contributed by atoms with Crippen LogP contribution in [-0.4, -0.2) is 29.3 Å². The van der Waals surface area contributed by atoms with Gasteiger partial charge in [0.15, 0.2) is 5.13 Å². The summed E-state index contributed by atoms with van der Waals surface area (Å²) in [7, 11) is 0. The Morgan fingerprint density at radius 1 is 1.21 bits per heavy atom. The van der Waals surface area contributed by atoms with E-state index in [0.717, 1.165) is 11.3 Å². The average molecular weight is 416 g/mol. The molecule has 0 fully saturated rings. The summed E-state index contributed by atoms with van der Waals surface area (Å²) in [6.07, 6.45) is 1.39. The van der Waals surface area contributed by atoms with E-state index in [4.69, 9.17) is 4.42 Å². The van der Waals surface area contributed by atoms with E-state index in [1.807, 2.05) is 0 Å². The summed E-state index contributed by atoms with van der Waals surface area (Å²) in [6.45, 7) is 2.73. The molecule has 3 aromatic rings. The Morgan fingerprint density at radius 2 is 2.00 bits per heavy atom. The Morgan fingerprint density at radius 3 is 2.66 bits per heavy atom. The fourth-order valence-electron chi connectivity index (χ4n) is 2.50. The van der Waals surface area contributed by atoms with Gasteiger partial charge in [-0.15, -0.1) is 11.3 Å². The van der Waals surface area contributed by atoms with E-state index in [1.165, 1.54) is 31.4 Å². The van der Waals surface area contributed by atoms with Crippen molar-refractivity contribution in [2.45, 2.75) is 13.8 Å². The lowest BCUT2D eigenvalue weighted by molar-refractivity contribution is -0.115. The van der Waals surface area contributed by atoms with Crippen molar-refractivity contribution in [1.82, 2.24) is 10.3 Å². The minimum atomic E-state index is -0.554. The molecule has 0 saturated carbocycles. The van der Waals surface area contributed by atoms with Gasteiger partial charge >= 0.3 is 0 Å². The first kappa shape index (κ1) is 20.2. The van der Waals surface area contributed by atoms with Crippen molar-refractivity contribution in [3.8, 4) is 11.3 Å². The summed E-state index contributed by atoms with van der Waals surface area (Å²) < 4.78 is 19.4. The molecule has 3 N–H and O–H groups in total. The van der Waals surface area contributed by atoms with Crippen LogP contribution in [0.4, 0.5) is 15.2 Å². The SMILES string of the molecule is CC(=O)Nc1ccc(-c2csc(NC(=O)CNC(=O)c3ccoc3C)n2)c(F)c1. The monoisotopic (exact) mass is 416 g/mol. The van der Waals surface area contributed by atoms with E-state index < -0.39 is 17.6 Å². The molecule has 0 saturated heterocycles. The number of carbonyl (C=O) groups is 3. The van der Waals surface area contributed by atoms with Gasteiger partial charge in [-0.3, -0.25) is 14.4 Å². The van der Waals surface area contributed by atoms with Crippen molar-refractivity contribution in [2.75, 3.05) is 17.2 Å². The fraction of sp³-hybridized carbons (Fsp3) is 0.158. The van der Waals surface area contributed by atoms with Crippen molar-refractivity contribution in [3.05, 3.63) is 53.0 Å². The van der Waals surface area contributed by atoms with E-state index in [9.17, 15) is 18.8 Å². The molecule has 150 valence electrons. The highest BCUT2D eigenvalue weighted by atomic mass is 32.1. The molecule has 0 aliphatic rings. The topological polar surface area (TPSA) is 113 Å². The third-order valence-electron chi connectivity index (χ3n) is 3.83. The highest BCUT2D eigenvalue weighted by molar-refractivity contribution is 7.14. The predicted octanol–water partition coefficient (Wildman–Crippen LogP) is 3.18. The zero-order chi connectivity index (χ0) is 21.0. The van der Waals surface area contributed by atoms with E-state index >= 15 is 0 Å². The molecule has 2 aromatic heterocycles. The maximum Gasteiger partial charge on any atom is 0.255 e. The second-order valence-electron chi connectivity index (χ2n) is 6.04. The lowest BCUT2D eigenvalue weighted by Crippen LogP contribution is -2.32. The molecule has 0 radical (unpaired) electrons. The molecule has 0 atom stereocenters. The second kappa shape index (κ2) is 8.65. The molecular weight excluding hydrogens is 399 g/mol. The van der Waals surface area contributed by atoms with Crippen LogP contribution in [0.1, 0.15) is 23.0 Å². The highest BCUT2D eigenvalue weighted by Crippen LogP contribution is 2.28. The van der Waals surface area contributed by atoms with Crippen LogP contribution in [0.5, 0.6) is 0 Å². The number of anilines is 2. The Hall–Kier alpha value is -3.53. The minimum absolute atomic E-state index is 0.236. The zero-order valence-electron chi connectivity index (χ0n) is 15.5. The van der Waals surface area contributed by atoms with Crippen LogP contribution in [0.3, 0.4) is 0 Å². The molecule has 29 heavy (non-hydrogen) atoms. The first-order chi connectivity index (χ1) is 13.8. The largest absolute Gasteiger partial charge is 0.469 e. The number of halogens is 1. The summed E-state index contributed by atoms with van der Waals surface area (Å²) >= 11 is 1.12. The molecule has 0 unspecified atom stereocenters. The van der Waals surface area contributed by atoms with Crippen molar-refractivity contribution in [2.24, 2.45) is 0 Å². The van der Waals surface area contributed by atoms with Crippen LogP contribution in [0.15, 0.2) is 40.3 Å². The van der Waals surface area contributed by atoms with Crippen LogP contribution in [0.2, 0.25) is 0 Å². The maximum absolute atomic E-state index is 14.3. The lowest BCUT2D eigenvalue weighted by atomic mass is 10.1. The number of thiazole rings is 1. The zero-order valence-corrected chi connectivity index (χ0v) is 16.4. The van der Waals surface area contributed by atoms with Crippen LogP contribution >= 0.6 is 11.3 Å². The number of nitrogens with one attached hydrogen (secondary N) is 3. The van der Waals surface area contributed by atoms with Crippen LogP contribution in [-0.2, 0) is 9.59 Å². The van der Waals surface area contributed by atoms with Gasteiger partial charge in [0.05, 0.1) is 24.1 Å². The van der Waals surface area contributed by atoms with Crippen LogP contribution < -0.4 is 16.0 Å². The fourth-order valence-corrected chi connectivity index (χ4v) is 3.23. The molecule has 0 spiro atoms. The van der Waals surface area contributed by atoms with E-state index in [-0.39, 0.29) is 23.1 Å². The van der Waals surface area contributed by atoms with Crippen molar-refractivity contribution in [1.29, 1.82) is 0 Å². The molecular formula is C19H17FN4O4S. The van der Waals surface area contributed by atoms with Crippen LogP contribution in [0.25, 0.3) is 11.3 Å². The Kier molecular flexibility index (Phi) is 6.03. The standard InChI is InChI=1S/C19H17FN4O4S/c1-10-13(5-6-28-10)18(27)21-8-17(26)24-19-23-16(9-29-19)14-4-3-12(7-15(14)20)22-11(2)25/h3-7,9H,8H2,1-2H3,(H,21,27)(H,22,25)(H,23,24,26). The average Bonchev–Trinajstić information content (AvgIpc) is 3.28. The number of benzene rings is 1. The molecule has 10 heteroatoms. The molecule has 0 aliphatic heterocycles. The smallest absolute Gasteiger partial charge is 0.255 e. The molecule has 8 nitrogen and oxygen atoms in total. The van der Waals surface area contributed by atoms with Gasteiger partial charge in [0.25, 0.3) is 5.91 Å². The summed E-state index contributed by atoms with van der Waals surface area (Å²) in [6, 6.07) is 5.77. The number of hydrogen-bond donors (Lipinski definition) is 3. The first-order valence-electron chi connectivity index (χ1n) is 8.48. The predicted molar refractivity (Wildman–Crippen MR) is 106 cm³/mol. The van der Waals surface area contributed by atoms with Crippen LogP contribution in [0, 0.1) is 12.7 Å². The maximum atomic E-state index is 14.3. The lowest BCUT2D eigenvalue weighted by Gasteiger charge is -2.05. The Labute approximate surface area is 169 Å². The number of aryl methyl sites for hydroxylation is 1. The third-order valence-corrected chi connectivity index (χ3v) is 4.59. The number of hydrogen-bond acceptors (Lipinski definition) is 6. The number of aromatic nitrogens is 1. The normalized spacial score (nSPS) is 10.4. The number of rotatable bonds is 6. The van der Waals surface area contributed by atoms with E-state index in [1.54, 1.807) is 18.4 Å². The summed E-state index contributed by atoms with van der Waals surface area (Å²) in [5.41, 5.74) is 1.27. The minimum Gasteiger partial charge on any atom is -0.469 e.